The number of hydrogen-bond donors (Lipinski definition) is 1. The highest BCUT2D eigenvalue weighted by Crippen LogP contribution is 2.37. The summed E-state index contributed by atoms with van der Waals surface area (Å²) in [6.45, 7) is 0. The highest BCUT2D eigenvalue weighted by molar-refractivity contribution is 5.94. The molecule has 0 radical (unpaired) electrons. The van der Waals surface area contributed by atoms with Crippen molar-refractivity contribution in [2.75, 3.05) is 0 Å². The maximum absolute atomic E-state index is 12.1. The van der Waals surface area contributed by atoms with Gasteiger partial charge in [-0.3, -0.25) is 9.59 Å². The summed E-state index contributed by atoms with van der Waals surface area (Å²) in [6.07, 6.45) is 1.47. The Morgan fingerprint density at radius 1 is 1.24 bits per heavy atom. The molecule has 0 amide bonds. The molecule has 1 aliphatic carbocycles. The van der Waals surface area contributed by atoms with Crippen molar-refractivity contribution < 1.29 is 19.2 Å². The third kappa shape index (κ3) is 2.86. The first-order valence-corrected chi connectivity index (χ1v) is 6.91. The molecule has 0 spiro atoms. The van der Waals surface area contributed by atoms with Crippen LogP contribution in [-0.4, -0.2) is 22.0 Å². The molecular weight excluding hydrogens is 270 g/mol. The van der Waals surface area contributed by atoms with Crippen molar-refractivity contribution in [1.29, 1.82) is 0 Å². The number of hydrogen-bond acceptors (Lipinski definition) is 4. The number of nitrogens with zero attached hydrogens (tertiary/aromatic N) is 1. The zero-order valence-electron chi connectivity index (χ0n) is 11.4. The summed E-state index contributed by atoms with van der Waals surface area (Å²) in [7, 11) is 0. The summed E-state index contributed by atoms with van der Waals surface area (Å²) < 4.78 is 5.11. The van der Waals surface area contributed by atoms with Crippen molar-refractivity contribution in [3.63, 3.8) is 0 Å². The van der Waals surface area contributed by atoms with E-state index in [1.54, 1.807) is 6.07 Å². The molecule has 1 aromatic heterocycles. The minimum absolute atomic E-state index is 0.112. The lowest BCUT2D eigenvalue weighted by Gasteiger charge is -2.31. The van der Waals surface area contributed by atoms with Crippen LogP contribution in [0.5, 0.6) is 0 Å². The van der Waals surface area contributed by atoms with Crippen LogP contribution in [0.15, 0.2) is 40.9 Å². The van der Waals surface area contributed by atoms with Crippen molar-refractivity contribution in [2.45, 2.75) is 19.3 Å². The number of carboxylic acid groups (broad SMARTS) is 1. The van der Waals surface area contributed by atoms with Gasteiger partial charge in [0.2, 0.25) is 11.5 Å². The molecule has 0 unspecified atom stereocenters. The maximum atomic E-state index is 12.1. The van der Waals surface area contributed by atoms with Gasteiger partial charge in [-0.2, -0.15) is 0 Å². The standard InChI is InChI=1S/C16H15NO4/c18-14(8-10-6-12(7-10)16(19)20)15-9-13(17-21-15)11-4-2-1-3-5-11/h1-5,9-10,12H,6-8H2,(H,19,20). The Morgan fingerprint density at radius 3 is 2.62 bits per heavy atom. The van der Waals surface area contributed by atoms with E-state index in [4.69, 9.17) is 9.63 Å². The minimum Gasteiger partial charge on any atom is -0.481 e. The summed E-state index contributed by atoms with van der Waals surface area (Å²) in [5.74, 6) is -0.794. The Hall–Kier alpha value is -2.43. The SMILES string of the molecule is O=C(CC1CC(C(=O)O)C1)c1cc(-c2ccccc2)no1. The largest absolute Gasteiger partial charge is 0.481 e. The van der Waals surface area contributed by atoms with E-state index < -0.39 is 5.97 Å². The van der Waals surface area contributed by atoms with Crippen LogP contribution in [0.4, 0.5) is 0 Å². The average Bonchev–Trinajstić information content (AvgIpc) is 2.92. The first-order valence-electron chi connectivity index (χ1n) is 6.91. The summed E-state index contributed by atoms with van der Waals surface area (Å²) >= 11 is 0. The zero-order valence-corrected chi connectivity index (χ0v) is 11.4. The number of benzene rings is 1. The Bertz CT molecular complexity index is 656. The van der Waals surface area contributed by atoms with Crippen LogP contribution in [0.1, 0.15) is 29.8 Å². The van der Waals surface area contributed by atoms with Gasteiger partial charge in [0, 0.05) is 18.1 Å². The predicted octanol–water partition coefficient (Wildman–Crippen LogP) is 3.03. The molecule has 0 atom stereocenters. The van der Waals surface area contributed by atoms with E-state index in [9.17, 15) is 9.59 Å². The van der Waals surface area contributed by atoms with E-state index in [1.165, 1.54) is 0 Å². The number of Topliss-reactive ketones (excluding diaryl/α,β-unsaturated/α-hetero) is 1. The third-order valence-corrected chi connectivity index (χ3v) is 3.91. The van der Waals surface area contributed by atoms with Crippen molar-refractivity contribution in [3.05, 3.63) is 42.2 Å². The van der Waals surface area contributed by atoms with Crippen LogP contribution in [-0.2, 0) is 4.79 Å². The molecule has 0 aliphatic heterocycles. The number of carboxylic acids is 1. The van der Waals surface area contributed by atoms with Crippen LogP contribution in [0.3, 0.4) is 0 Å². The molecule has 1 fully saturated rings. The molecule has 1 aromatic carbocycles. The lowest BCUT2D eigenvalue weighted by atomic mass is 9.72. The first-order chi connectivity index (χ1) is 10.1. The van der Waals surface area contributed by atoms with Crippen LogP contribution in [0.25, 0.3) is 11.3 Å². The van der Waals surface area contributed by atoms with Crippen molar-refractivity contribution in [2.24, 2.45) is 11.8 Å². The van der Waals surface area contributed by atoms with Gasteiger partial charge in [0.05, 0.1) is 5.92 Å². The number of aromatic nitrogens is 1. The fourth-order valence-electron chi connectivity index (χ4n) is 2.62. The fraction of sp³-hybridized carbons (Fsp3) is 0.312. The topological polar surface area (TPSA) is 80.4 Å². The Kier molecular flexibility index (Phi) is 3.56. The molecule has 2 aromatic rings. The molecule has 21 heavy (non-hydrogen) atoms. The maximum Gasteiger partial charge on any atom is 0.306 e. The normalized spacial score (nSPS) is 20.8. The molecule has 5 nitrogen and oxygen atoms in total. The Morgan fingerprint density at radius 2 is 1.95 bits per heavy atom. The average molecular weight is 285 g/mol. The Labute approximate surface area is 121 Å². The van der Waals surface area contributed by atoms with E-state index in [0.717, 1.165) is 5.56 Å². The molecule has 1 aliphatic rings. The number of carbonyl (C=O) groups is 2. The molecule has 3 rings (SSSR count). The number of rotatable bonds is 5. The molecule has 1 N–H and O–H groups in total. The van der Waals surface area contributed by atoms with E-state index in [1.807, 2.05) is 30.3 Å². The fourth-order valence-corrected chi connectivity index (χ4v) is 2.62. The predicted molar refractivity (Wildman–Crippen MR) is 74.7 cm³/mol. The van der Waals surface area contributed by atoms with Gasteiger partial charge in [-0.15, -0.1) is 0 Å². The van der Waals surface area contributed by atoms with E-state index in [-0.39, 0.29) is 23.4 Å². The van der Waals surface area contributed by atoms with Gasteiger partial charge in [-0.25, -0.2) is 0 Å². The Balaban J connectivity index is 1.62. The van der Waals surface area contributed by atoms with Gasteiger partial charge >= 0.3 is 5.97 Å². The molecule has 0 saturated heterocycles. The van der Waals surface area contributed by atoms with Crippen LogP contribution >= 0.6 is 0 Å². The quantitative estimate of drug-likeness (QED) is 0.854. The second-order valence-electron chi connectivity index (χ2n) is 5.44. The molecule has 108 valence electrons. The smallest absolute Gasteiger partial charge is 0.306 e. The van der Waals surface area contributed by atoms with E-state index in [0.29, 0.717) is 25.0 Å². The summed E-state index contributed by atoms with van der Waals surface area (Å²) in [4.78, 5) is 22.8. The summed E-state index contributed by atoms with van der Waals surface area (Å²) in [6, 6.07) is 11.1. The molecule has 0 bridgehead atoms. The van der Waals surface area contributed by atoms with Crippen molar-refractivity contribution >= 4 is 11.8 Å². The third-order valence-electron chi connectivity index (χ3n) is 3.91. The highest BCUT2D eigenvalue weighted by Gasteiger charge is 2.36. The van der Waals surface area contributed by atoms with Crippen LogP contribution in [0, 0.1) is 11.8 Å². The first kappa shape index (κ1) is 13.5. The van der Waals surface area contributed by atoms with Crippen LogP contribution < -0.4 is 0 Å². The molecule has 1 heterocycles. The second kappa shape index (κ2) is 5.52. The van der Waals surface area contributed by atoms with Crippen molar-refractivity contribution in [3.8, 4) is 11.3 Å². The zero-order chi connectivity index (χ0) is 14.8. The summed E-state index contributed by atoms with van der Waals surface area (Å²) in [5, 5.41) is 12.7. The second-order valence-corrected chi connectivity index (χ2v) is 5.44. The van der Waals surface area contributed by atoms with Gasteiger partial charge in [0.1, 0.15) is 5.69 Å². The molecular formula is C16H15NO4. The van der Waals surface area contributed by atoms with Crippen LogP contribution in [0.2, 0.25) is 0 Å². The van der Waals surface area contributed by atoms with Crippen molar-refractivity contribution in [1.82, 2.24) is 5.16 Å². The summed E-state index contributed by atoms with van der Waals surface area (Å²) in [5.41, 5.74) is 1.53. The van der Waals surface area contributed by atoms with E-state index in [2.05, 4.69) is 5.16 Å². The van der Waals surface area contributed by atoms with Gasteiger partial charge in [0.25, 0.3) is 0 Å². The number of carbonyl (C=O) groups excluding carboxylic acids is 1. The minimum atomic E-state index is -0.773. The molecule has 1 saturated carbocycles. The lowest BCUT2D eigenvalue weighted by molar-refractivity contribution is -0.146. The van der Waals surface area contributed by atoms with E-state index >= 15 is 0 Å². The highest BCUT2D eigenvalue weighted by atomic mass is 16.5. The number of aliphatic carboxylic acids is 1. The van der Waals surface area contributed by atoms with Gasteiger partial charge in [0.15, 0.2) is 0 Å². The number of ketones is 1. The van der Waals surface area contributed by atoms with Gasteiger partial charge in [-0.1, -0.05) is 35.5 Å². The van der Waals surface area contributed by atoms with Gasteiger partial charge < -0.3 is 9.63 Å². The van der Waals surface area contributed by atoms with Gasteiger partial charge in [-0.05, 0) is 18.8 Å². The monoisotopic (exact) mass is 285 g/mol. The lowest BCUT2D eigenvalue weighted by Crippen LogP contribution is -2.31. The molecule has 5 heteroatoms.